The van der Waals surface area contributed by atoms with Gasteiger partial charge in [-0.2, -0.15) is 13.5 Å². The van der Waals surface area contributed by atoms with Crippen LogP contribution in [-0.2, 0) is 16.7 Å². The molecule has 0 aliphatic heterocycles. The molecule has 11 nitrogen and oxygen atoms in total. The van der Waals surface area contributed by atoms with E-state index < -0.39 is 27.8 Å². The molecule has 0 aliphatic rings. The number of benzene rings is 1. The van der Waals surface area contributed by atoms with E-state index in [4.69, 9.17) is 4.84 Å². The van der Waals surface area contributed by atoms with E-state index >= 15 is 0 Å². The average molecular weight is 418 g/mol. The second-order valence-corrected chi connectivity index (χ2v) is 6.97. The molecule has 0 saturated heterocycles. The Morgan fingerprint density at radius 1 is 1.07 bits per heavy atom. The SMILES string of the molecule is O=C(On1c(O)ccc1O)c1cccnc1N=NCc1ccccc1S(=O)(=O)O. The lowest BCUT2D eigenvalue weighted by atomic mass is 10.2. The van der Waals surface area contributed by atoms with Gasteiger partial charge in [-0.15, -0.1) is 9.84 Å². The molecule has 0 atom stereocenters. The number of carbonyl (C=O) groups excluding carboxylic acids is 1. The van der Waals surface area contributed by atoms with Gasteiger partial charge >= 0.3 is 5.97 Å². The zero-order valence-corrected chi connectivity index (χ0v) is 15.4. The van der Waals surface area contributed by atoms with Crippen LogP contribution in [0.15, 0.2) is 69.9 Å². The normalized spacial score (nSPS) is 11.6. The molecule has 1 aromatic carbocycles. The summed E-state index contributed by atoms with van der Waals surface area (Å²) < 4.78 is 32.6. The Balaban J connectivity index is 1.82. The summed E-state index contributed by atoms with van der Waals surface area (Å²) in [6.45, 7) is -0.208. The summed E-state index contributed by atoms with van der Waals surface area (Å²) in [6, 6.07) is 10.7. The number of pyridine rings is 1. The van der Waals surface area contributed by atoms with Gasteiger partial charge in [0.2, 0.25) is 11.8 Å². The van der Waals surface area contributed by atoms with E-state index in [1.807, 2.05) is 0 Å². The van der Waals surface area contributed by atoms with Crippen molar-refractivity contribution in [2.75, 3.05) is 0 Å². The average Bonchev–Trinajstić information content (AvgIpc) is 3.00. The molecule has 3 aromatic rings. The maximum atomic E-state index is 12.3. The van der Waals surface area contributed by atoms with Crippen molar-refractivity contribution in [3.8, 4) is 11.8 Å². The zero-order chi connectivity index (χ0) is 21.0. The van der Waals surface area contributed by atoms with Crippen LogP contribution in [0.2, 0.25) is 0 Å². The molecule has 29 heavy (non-hydrogen) atoms. The molecule has 150 valence electrons. The maximum Gasteiger partial charge on any atom is 0.367 e. The zero-order valence-electron chi connectivity index (χ0n) is 14.6. The van der Waals surface area contributed by atoms with Crippen LogP contribution in [0.5, 0.6) is 11.8 Å². The number of rotatable bonds is 6. The van der Waals surface area contributed by atoms with Gasteiger partial charge in [-0.25, -0.2) is 9.78 Å². The van der Waals surface area contributed by atoms with Crippen LogP contribution < -0.4 is 4.84 Å². The first-order chi connectivity index (χ1) is 13.8. The number of aromatic hydroxyl groups is 2. The Morgan fingerprint density at radius 3 is 2.45 bits per heavy atom. The molecule has 0 amide bonds. The first-order valence-corrected chi connectivity index (χ1v) is 9.41. The summed E-state index contributed by atoms with van der Waals surface area (Å²) in [5.41, 5.74) is 0.0767. The first kappa shape index (κ1) is 20.0. The predicted octanol–water partition coefficient (Wildman–Crippen LogP) is 2.09. The van der Waals surface area contributed by atoms with Gasteiger partial charge in [0.1, 0.15) is 5.56 Å². The van der Waals surface area contributed by atoms with Crippen LogP contribution in [-0.4, -0.2) is 38.9 Å². The highest BCUT2D eigenvalue weighted by molar-refractivity contribution is 7.85. The van der Waals surface area contributed by atoms with E-state index in [0.717, 1.165) is 12.1 Å². The molecule has 0 aliphatic carbocycles. The van der Waals surface area contributed by atoms with Gasteiger partial charge in [0, 0.05) is 18.3 Å². The van der Waals surface area contributed by atoms with Gasteiger partial charge in [0.25, 0.3) is 10.1 Å². The Kier molecular flexibility index (Phi) is 5.57. The molecule has 3 N–H and O–H groups in total. The van der Waals surface area contributed by atoms with E-state index in [0.29, 0.717) is 4.73 Å². The van der Waals surface area contributed by atoms with Crippen LogP contribution in [0, 0.1) is 0 Å². The predicted molar refractivity (Wildman–Crippen MR) is 97.4 cm³/mol. The molecule has 0 bridgehead atoms. The molecule has 0 fully saturated rings. The molecule has 12 heteroatoms. The minimum absolute atomic E-state index is 0.119. The smallest absolute Gasteiger partial charge is 0.367 e. The molecule has 0 spiro atoms. The monoisotopic (exact) mass is 418 g/mol. The van der Waals surface area contributed by atoms with E-state index in [2.05, 4.69) is 15.2 Å². The molecular weight excluding hydrogens is 404 g/mol. The van der Waals surface area contributed by atoms with Crippen molar-refractivity contribution in [1.29, 1.82) is 0 Å². The Labute approximate surface area is 164 Å². The Morgan fingerprint density at radius 2 is 1.76 bits per heavy atom. The quantitative estimate of drug-likeness (QED) is 0.404. The van der Waals surface area contributed by atoms with E-state index in [-0.39, 0.29) is 28.4 Å². The van der Waals surface area contributed by atoms with Gasteiger partial charge < -0.3 is 15.1 Å². The number of hydrogen-bond acceptors (Lipinski definition) is 9. The minimum Gasteiger partial charge on any atom is -0.492 e. The highest BCUT2D eigenvalue weighted by Crippen LogP contribution is 2.22. The molecule has 0 radical (unpaired) electrons. The van der Waals surface area contributed by atoms with Gasteiger partial charge in [-0.05, 0) is 23.8 Å². The second kappa shape index (κ2) is 8.08. The third-order valence-electron chi connectivity index (χ3n) is 3.64. The lowest BCUT2D eigenvalue weighted by Gasteiger charge is -2.07. The van der Waals surface area contributed by atoms with Gasteiger partial charge in [0.15, 0.2) is 5.82 Å². The summed E-state index contributed by atoms with van der Waals surface area (Å²) >= 11 is 0. The van der Waals surface area contributed by atoms with Crippen molar-refractivity contribution < 1.29 is 32.8 Å². The number of hydrogen-bond donors (Lipinski definition) is 3. The number of carbonyl (C=O) groups is 1. The van der Waals surface area contributed by atoms with Crippen molar-refractivity contribution in [2.24, 2.45) is 10.2 Å². The number of nitrogens with zero attached hydrogens (tertiary/aromatic N) is 4. The van der Waals surface area contributed by atoms with Crippen molar-refractivity contribution in [3.05, 3.63) is 65.9 Å². The van der Waals surface area contributed by atoms with Crippen molar-refractivity contribution in [3.63, 3.8) is 0 Å². The fourth-order valence-corrected chi connectivity index (χ4v) is 3.04. The number of aromatic nitrogens is 2. The topological polar surface area (TPSA) is 164 Å². The van der Waals surface area contributed by atoms with E-state index in [9.17, 15) is 28.0 Å². The lowest BCUT2D eigenvalue weighted by molar-refractivity contribution is 0.0382. The largest absolute Gasteiger partial charge is 0.492 e. The second-order valence-electron chi connectivity index (χ2n) is 5.58. The number of azo groups is 1. The third kappa shape index (κ3) is 4.56. The molecular formula is C17H14N4O7S. The summed E-state index contributed by atoms with van der Waals surface area (Å²) in [4.78, 5) is 20.8. The highest BCUT2D eigenvalue weighted by atomic mass is 32.2. The third-order valence-corrected chi connectivity index (χ3v) is 4.59. The van der Waals surface area contributed by atoms with Crippen molar-refractivity contribution in [1.82, 2.24) is 9.71 Å². The minimum atomic E-state index is -4.43. The van der Waals surface area contributed by atoms with Crippen LogP contribution >= 0.6 is 0 Å². The summed E-state index contributed by atoms with van der Waals surface area (Å²) in [5, 5.41) is 26.8. The summed E-state index contributed by atoms with van der Waals surface area (Å²) in [5.74, 6) is -2.10. The van der Waals surface area contributed by atoms with Crippen molar-refractivity contribution >= 4 is 21.9 Å². The fraction of sp³-hybridized carbons (Fsp3) is 0.0588. The van der Waals surface area contributed by atoms with Gasteiger partial charge in [-0.3, -0.25) is 4.55 Å². The first-order valence-electron chi connectivity index (χ1n) is 7.97. The molecule has 2 heterocycles. The maximum absolute atomic E-state index is 12.3. The van der Waals surface area contributed by atoms with Gasteiger partial charge in [0.05, 0.1) is 11.4 Å². The fourth-order valence-electron chi connectivity index (χ4n) is 2.33. The molecule has 3 rings (SSSR count). The van der Waals surface area contributed by atoms with Crippen molar-refractivity contribution in [2.45, 2.75) is 11.4 Å². The summed E-state index contributed by atoms with van der Waals surface area (Å²) in [7, 11) is -4.43. The summed E-state index contributed by atoms with van der Waals surface area (Å²) in [6.07, 6.45) is 1.35. The van der Waals surface area contributed by atoms with Crippen LogP contribution in [0.25, 0.3) is 0 Å². The van der Waals surface area contributed by atoms with Crippen LogP contribution in [0.3, 0.4) is 0 Å². The Hall–Kier alpha value is -3.77. The lowest BCUT2D eigenvalue weighted by Crippen LogP contribution is -2.19. The molecule has 0 unspecified atom stereocenters. The van der Waals surface area contributed by atoms with E-state index in [1.54, 1.807) is 6.07 Å². The molecule has 0 saturated carbocycles. The van der Waals surface area contributed by atoms with E-state index in [1.165, 1.54) is 36.5 Å². The van der Waals surface area contributed by atoms with Crippen LogP contribution in [0.1, 0.15) is 15.9 Å². The molecule has 2 aromatic heterocycles. The highest BCUT2D eigenvalue weighted by Gasteiger charge is 2.18. The van der Waals surface area contributed by atoms with Crippen LogP contribution in [0.4, 0.5) is 5.82 Å². The standard InChI is InChI=1S/C17H14N4O7S/c22-14-7-8-15(23)21(14)28-17(24)12-5-3-9-18-16(12)20-19-10-11-4-1-2-6-13(11)29(25,26)27/h1-9,22-23H,10H2,(H,25,26,27). The van der Waals surface area contributed by atoms with Gasteiger partial charge in [-0.1, -0.05) is 18.2 Å². The Bertz CT molecular complexity index is 1170.